The van der Waals surface area contributed by atoms with Crippen molar-refractivity contribution < 1.29 is 13.2 Å². The molecule has 6 N–H and O–H groups in total. The Labute approximate surface area is 206 Å². The molecule has 3 aromatic carbocycles. The maximum absolute atomic E-state index is 13.2. The van der Waals surface area contributed by atoms with Crippen molar-refractivity contribution in [3.63, 3.8) is 0 Å². The van der Waals surface area contributed by atoms with E-state index >= 15 is 0 Å². The Morgan fingerprint density at radius 1 is 1.03 bits per heavy atom. The number of aromatic nitrogens is 2. The van der Waals surface area contributed by atoms with Gasteiger partial charge in [-0.2, -0.15) is 5.10 Å². The average molecular weight is 507 g/mol. The van der Waals surface area contributed by atoms with Crippen LogP contribution in [0.4, 0.5) is 5.69 Å². The topological polar surface area (TPSA) is 157 Å². The molecule has 0 saturated carbocycles. The van der Waals surface area contributed by atoms with Gasteiger partial charge in [0.15, 0.2) is 0 Å². The molecule has 0 atom stereocenters. The summed E-state index contributed by atoms with van der Waals surface area (Å²) < 4.78 is 25.3. The van der Waals surface area contributed by atoms with Crippen LogP contribution in [0.15, 0.2) is 88.8 Å². The monoisotopic (exact) mass is 506 g/mol. The van der Waals surface area contributed by atoms with Crippen LogP contribution in [0.25, 0.3) is 16.8 Å². The molecule has 0 aliphatic rings. The van der Waals surface area contributed by atoms with Gasteiger partial charge in [0.05, 0.1) is 10.6 Å². The van der Waals surface area contributed by atoms with E-state index in [2.05, 4.69) is 10.4 Å². The fourth-order valence-corrected chi connectivity index (χ4v) is 4.66. The Balaban J connectivity index is 1.63. The number of sulfonamides is 1. The minimum atomic E-state index is -3.89. The van der Waals surface area contributed by atoms with E-state index in [0.717, 1.165) is 0 Å². The number of amides is 1. The van der Waals surface area contributed by atoms with Crippen LogP contribution < -0.4 is 16.2 Å². The quantitative estimate of drug-likeness (QED) is 0.171. The molecular formula is C24H22N6O3S2. The maximum atomic E-state index is 13.2. The summed E-state index contributed by atoms with van der Waals surface area (Å²) in [4.78, 5) is 13.2. The van der Waals surface area contributed by atoms with Gasteiger partial charge in [0.1, 0.15) is 16.6 Å². The van der Waals surface area contributed by atoms with E-state index in [4.69, 9.17) is 16.3 Å². The Morgan fingerprint density at radius 3 is 2.40 bits per heavy atom. The largest absolute Gasteiger partial charge is 0.384 e. The van der Waals surface area contributed by atoms with Crippen LogP contribution in [-0.2, 0) is 10.0 Å². The van der Waals surface area contributed by atoms with Gasteiger partial charge in [0.2, 0.25) is 10.0 Å². The summed E-state index contributed by atoms with van der Waals surface area (Å²) in [5.74, 6) is -0.470. The van der Waals surface area contributed by atoms with Crippen molar-refractivity contribution >= 4 is 39.2 Å². The highest BCUT2D eigenvalue weighted by Gasteiger charge is 2.18. The predicted molar refractivity (Wildman–Crippen MR) is 138 cm³/mol. The zero-order valence-electron chi connectivity index (χ0n) is 18.6. The predicted octanol–water partition coefficient (Wildman–Crippen LogP) is 3.44. The molecule has 11 heteroatoms. The Hall–Kier alpha value is -3.93. The number of carbonyl (C=O) groups excluding carboxylic acids is 1. The second-order valence-corrected chi connectivity index (χ2v) is 9.88. The molecule has 9 nitrogen and oxygen atoms in total. The number of rotatable bonds is 7. The molecule has 0 spiro atoms. The van der Waals surface area contributed by atoms with Crippen LogP contribution in [0.5, 0.6) is 0 Å². The van der Waals surface area contributed by atoms with E-state index in [-0.39, 0.29) is 16.6 Å². The standard InChI is InChI=1S/C24H22N6O3S2/c1-34-22-14-20(30(29-22)18-6-4-5-16(13-18)23(25)26)24(31)28-17-11-9-15(10-12-17)19-7-2-3-8-21(19)35(27,32)33/h2-14H,1H3,(H3,25,26)(H,28,31)(H2,27,32,33). The number of nitrogens with one attached hydrogen (secondary N) is 2. The first-order valence-corrected chi connectivity index (χ1v) is 13.1. The van der Waals surface area contributed by atoms with E-state index < -0.39 is 10.0 Å². The molecule has 0 aliphatic heterocycles. The van der Waals surface area contributed by atoms with Crippen LogP contribution in [0.1, 0.15) is 16.1 Å². The van der Waals surface area contributed by atoms with Gasteiger partial charge in [-0.25, -0.2) is 18.2 Å². The first kappa shape index (κ1) is 24.2. The number of nitrogens with two attached hydrogens (primary N) is 2. The Kier molecular flexibility index (Phi) is 6.74. The normalized spacial score (nSPS) is 11.3. The zero-order chi connectivity index (χ0) is 25.2. The molecule has 4 aromatic rings. The van der Waals surface area contributed by atoms with Crippen LogP contribution in [0.3, 0.4) is 0 Å². The minimum Gasteiger partial charge on any atom is -0.384 e. The number of benzene rings is 3. The lowest BCUT2D eigenvalue weighted by atomic mass is 10.1. The molecule has 1 amide bonds. The third-order valence-corrected chi connectivity index (χ3v) is 6.76. The first-order chi connectivity index (χ1) is 16.7. The number of hydrogen-bond acceptors (Lipinski definition) is 6. The van der Waals surface area contributed by atoms with Crippen molar-refractivity contribution in [1.82, 2.24) is 9.78 Å². The number of amidine groups is 1. The van der Waals surface area contributed by atoms with Crippen LogP contribution in [0, 0.1) is 5.41 Å². The van der Waals surface area contributed by atoms with Crippen LogP contribution >= 0.6 is 11.8 Å². The molecule has 0 radical (unpaired) electrons. The smallest absolute Gasteiger partial charge is 0.274 e. The molecule has 35 heavy (non-hydrogen) atoms. The fourth-order valence-electron chi connectivity index (χ4n) is 3.50. The highest BCUT2D eigenvalue weighted by molar-refractivity contribution is 7.98. The summed E-state index contributed by atoms with van der Waals surface area (Å²) in [6.45, 7) is 0. The van der Waals surface area contributed by atoms with Gasteiger partial charge in [0.25, 0.3) is 5.91 Å². The van der Waals surface area contributed by atoms with Crippen molar-refractivity contribution in [2.45, 2.75) is 9.92 Å². The van der Waals surface area contributed by atoms with Gasteiger partial charge in [-0.05, 0) is 42.2 Å². The second kappa shape index (κ2) is 9.74. The van der Waals surface area contributed by atoms with Crippen molar-refractivity contribution in [3.8, 4) is 16.8 Å². The average Bonchev–Trinajstić information content (AvgIpc) is 3.29. The van der Waals surface area contributed by atoms with Gasteiger partial charge in [-0.3, -0.25) is 10.2 Å². The van der Waals surface area contributed by atoms with Crippen molar-refractivity contribution in [2.24, 2.45) is 10.9 Å². The number of nitrogens with zero attached hydrogens (tertiary/aromatic N) is 2. The van der Waals surface area contributed by atoms with Gasteiger partial charge in [-0.15, -0.1) is 11.8 Å². The van der Waals surface area contributed by atoms with E-state index in [1.807, 2.05) is 6.26 Å². The van der Waals surface area contributed by atoms with Gasteiger partial charge < -0.3 is 11.1 Å². The Bertz CT molecular complexity index is 1530. The molecular weight excluding hydrogens is 484 g/mol. The maximum Gasteiger partial charge on any atom is 0.274 e. The van der Waals surface area contributed by atoms with E-state index in [1.54, 1.807) is 72.8 Å². The summed E-state index contributed by atoms with van der Waals surface area (Å²) >= 11 is 1.40. The van der Waals surface area contributed by atoms with E-state index in [9.17, 15) is 13.2 Å². The second-order valence-electron chi connectivity index (χ2n) is 7.52. The number of hydrogen-bond donors (Lipinski definition) is 4. The van der Waals surface area contributed by atoms with E-state index in [1.165, 1.54) is 22.5 Å². The number of carbonyl (C=O) groups is 1. The van der Waals surface area contributed by atoms with E-state index in [0.29, 0.717) is 38.8 Å². The summed E-state index contributed by atoms with van der Waals surface area (Å²) in [5, 5.41) is 21.0. The number of anilines is 1. The Morgan fingerprint density at radius 2 is 1.74 bits per heavy atom. The minimum absolute atomic E-state index is 0.0260. The first-order valence-electron chi connectivity index (χ1n) is 10.3. The summed E-state index contributed by atoms with van der Waals surface area (Å²) in [7, 11) is -3.89. The van der Waals surface area contributed by atoms with Crippen molar-refractivity contribution in [2.75, 3.05) is 11.6 Å². The van der Waals surface area contributed by atoms with Gasteiger partial charge >= 0.3 is 0 Å². The highest BCUT2D eigenvalue weighted by atomic mass is 32.2. The van der Waals surface area contributed by atoms with Crippen LogP contribution in [0.2, 0.25) is 0 Å². The molecule has 0 aliphatic carbocycles. The summed E-state index contributed by atoms with van der Waals surface area (Å²) in [5.41, 5.74) is 8.66. The highest BCUT2D eigenvalue weighted by Crippen LogP contribution is 2.28. The van der Waals surface area contributed by atoms with Gasteiger partial charge in [-0.1, -0.05) is 42.5 Å². The third kappa shape index (κ3) is 5.27. The summed E-state index contributed by atoms with van der Waals surface area (Å²) in [6.07, 6.45) is 1.86. The molecule has 4 rings (SSSR count). The molecule has 178 valence electrons. The molecule has 0 fully saturated rings. The lowest BCUT2D eigenvalue weighted by Gasteiger charge is -2.11. The molecule has 0 bridgehead atoms. The molecule has 0 saturated heterocycles. The van der Waals surface area contributed by atoms with Gasteiger partial charge in [0, 0.05) is 22.9 Å². The number of nitrogen functional groups attached to an aromatic ring is 1. The lowest BCUT2D eigenvalue weighted by Crippen LogP contribution is -2.17. The molecule has 1 aromatic heterocycles. The molecule has 0 unspecified atom stereocenters. The lowest BCUT2D eigenvalue weighted by molar-refractivity contribution is 0.101. The fraction of sp³-hybridized carbons (Fsp3) is 0.0417. The van der Waals surface area contributed by atoms with Crippen molar-refractivity contribution in [1.29, 1.82) is 5.41 Å². The van der Waals surface area contributed by atoms with Crippen molar-refractivity contribution in [3.05, 3.63) is 90.1 Å². The third-order valence-electron chi connectivity index (χ3n) is 5.18. The number of thioether (sulfide) groups is 1. The molecule has 1 heterocycles. The zero-order valence-corrected chi connectivity index (χ0v) is 20.2. The summed E-state index contributed by atoms with van der Waals surface area (Å²) in [6, 6.07) is 21.8. The van der Waals surface area contributed by atoms with Crippen LogP contribution in [-0.4, -0.2) is 36.2 Å². The number of primary sulfonamides is 1. The SMILES string of the molecule is CSc1cc(C(=O)Nc2ccc(-c3ccccc3S(N)(=O)=O)cc2)n(-c2cccc(C(=N)N)c2)n1.